The third-order valence-corrected chi connectivity index (χ3v) is 2.66. The summed E-state index contributed by atoms with van der Waals surface area (Å²) in [4.78, 5) is 37.1. The van der Waals surface area contributed by atoms with Gasteiger partial charge in [-0.15, -0.1) is 6.58 Å². The highest BCUT2D eigenvalue weighted by molar-refractivity contribution is 5.89. The molecule has 2 amide bonds. The maximum atomic E-state index is 12.4. The summed E-state index contributed by atoms with van der Waals surface area (Å²) in [6.07, 6.45) is -0.126. The summed E-state index contributed by atoms with van der Waals surface area (Å²) in [7, 11) is 1.27. The van der Waals surface area contributed by atoms with Crippen molar-refractivity contribution in [1.29, 1.82) is 0 Å². The fourth-order valence-corrected chi connectivity index (χ4v) is 1.69. The van der Waals surface area contributed by atoms with Gasteiger partial charge in [0.25, 0.3) is 0 Å². The van der Waals surface area contributed by atoms with E-state index in [1.54, 1.807) is 41.5 Å². The number of nitrogens with zero attached hydrogens (tertiary/aromatic N) is 1. The molecule has 0 rings (SSSR count). The molecule has 0 aliphatic carbocycles. The van der Waals surface area contributed by atoms with Crippen molar-refractivity contribution < 1.29 is 28.6 Å². The lowest BCUT2D eigenvalue weighted by molar-refractivity contribution is -0.141. The van der Waals surface area contributed by atoms with Gasteiger partial charge in [-0.3, -0.25) is 4.79 Å². The zero-order valence-electron chi connectivity index (χ0n) is 15.7. The third kappa shape index (κ3) is 8.55. The van der Waals surface area contributed by atoms with E-state index in [1.165, 1.54) is 13.2 Å². The van der Waals surface area contributed by atoms with Crippen LogP contribution in [-0.2, 0) is 19.0 Å². The summed E-state index contributed by atoms with van der Waals surface area (Å²) in [5.74, 6) is -0.449. The van der Waals surface area contributed by atoms with Crippen LogP contribution in [0, 0.1) is 0 Å². The molecule has 0 bridgehead atoms. The molecule has 0 radical (unpaired) electrons. The minimum atomic E-state index is -0.855. The maximum Gasteiger partial charge on any atom is 0.420 e. The zero-order chi connectivity index (χ0) is 19.1. The number of ether oxygens (including phenoxy) is 3. The second kappa shape index (κ2) is 8.70. The lowest BCUT2D eigenvalue weighted by Crippen LogP contribution is -2.48. The molecule has 0 fully saturated rings. The number of rotatable bonds is 5. The SMILES string of the molecule is C=C[C@H](CCC(=O)OC)N(C(=O)OC(C)(C)C)C(=O)OC(C)(C)C. The molecule has 0 aromatic heterocycles. The van der Waals surface area contributed by atoms with E-state index < -0.39 is 35.4 Å². The van der Waals surface area contributed by atoms with Gasteiger partial charge in [-0.1, -0.05) is 6.08 Å². The number of imide groups is 1. The first kappa shape index (κ1) is 21.9. The Morgan fingerprint density at radius 3 is 1.71 bits per heavy atom. The standard InChI is InChI=1S/C17H29NO6/c1-9-12(10-11-13(19)22-8)18(14(20)23-16(2,3)4)15(21)24-17(5,6)7/h9,12H,1,10-11H2,2-8H3/t12-/m1/s1. The third-order valence-electron chi connectivity index (χ3n) is 2.66. The Hall–Kier alpha value is -2.05. The lowest BCUT2D eigenvalue weighted by atomic mass is 10.1. The van der Waals surface area contributed by atoms with Crippen LogP contribution >= 0.6 is 0 Å². The van der Waals surface area contributed by atoms with Crippen LogP contribution in [0.25, 0.3) is 0 Å². The molecule has 0 aromatic rings. The van der Waals surface area contributed by atoms with Crippen LogP contribution < -0.4 is 0 Å². The zero-order valence-corrected chi connectivity index (χ0v) is 15.7. The monoisotopic (exact) mass is 343 g/mol. The van der Waals surface area contributed by atoms with Gasteiger partial charge < -0.3 is 14.2 Å². The van der Waals surface area contributed by atoms with Crippen molar-refractivity contribution in [3.05, 3.63) is 12.7 Å². The topological polar surface area (TPSA) is 82.1 Å². The van der Waals surface area contributed by atoms with E-state index >= 15 is 0 Å². The van der Waals surface area contributed by atoms with E-state index in [4.69, 9.17) is 9.47 Å². The molecule has 7 nitrogen and oxygen atoms in total. The van der Waals surface area contributed by atoms with E-state index in [0.717, 1.165) is 4.90 Å². The summed E-state index contributed by atoms with van der Waals surface area (Å²) in [6, 6.07) is -0.756. The van der Waals surface area contributed by atoms with Crippen LogP contribution in [0.1, 0.15) is 54.4 Å². The van der Waals surface area contributed by atoms with Gasteiger partial charge in [0.15, 0.2) is 0 Å². The van der Waals surface area contributed by atoms with E-state index in [-0.39, 0.29) is 12.8 Å². The Balaban J connectivity index is 5.41. The number of hydrogen-bond acceptors (Lipinski definition) is 6. The first-order valence-corrected chi connectivity index (χ1v) is 7.75. The predicted octanol–water partition coefficient (Wildman–Crippen LogP) is 3.67. The Kier molecular flexibility index (Phi) is 7.96. The minimum absolute atomic E-state index is 0.0231. The molecule has 1 atom stereocenters. The quantitative estimate of drug-likeness (QED) is 0.430. The lowest BCUT2D eigenvalue weighted by Gasteiger charge is -2.32. The molecule has 0 aromatic carbocycles. The largest absolute Gasteiger partial charge is 0.469 e. The van der Waals surface area contributed by atoms with Gasteiger partial charge in [0, 0.05) is 6.42 Å². The molecular weight excluding hydrogens is 314 g/mol. The van der Waals surface area contributed by atoms with E-state index in [2.05, 4.69) is 11.3 Å². The van der Waals surface area contributed by atoms with Crippen molar-refractivity contribution in [2.75, 3.05) is 7.11 Å². The number of amides is 2. The Morgan fingerprint density at radius 1 is 1.00 bits per heavy atom. The number of carbonyl (C=O) groups is 3. The number of hydrogen-bond donors (Lipinski definition) is 0. The molecule has 0 unspecified atom stereocenters. The molecule has 0 aliphatic rings. The molecule has 0 heterocycles. The molecule has 0 N–H and O–H groups in total. The molecule has 0 saturated carbocycles. The van der Waals surface area contributed by atoms with Gasteiger partial charge >= 0.3 is 18.2 Å². The van der Waals surface area contributed by atoms with Gasteiger partial charge in [0.2, 0.25) is 0 Å². The van der Waals surface area contributed by atoms with Gasteiger partial charge in [0.05, 0.1) is 13.2 Å². The van der Waals surface area contributed by atoms with Crippen molar-refractivity contribution in [2.24, 2.45) is 0 Å². The van der Waals surface area contributed by atoms with Crippen LogP contribution in [-0.4, -0.2) is 47.4 Å². The van der Waals surface area contributed by atoms with Gasteiger partial charge in [0.1, 0.15) is 11.2 Å². The Morgan fingerprint density at radius 2 is 1.42 bits per heavy atom. The highest BCUT2D eigenvalue weighted by Crippen LogP contribution is 2.19. The number of carbonyl (C=O) groups excluding carboxylic acids is 3. The fourth-order valence-electron chi connectivity index (χ4n) is 1.69. The molecule has 0 aliphatic heterocycles. The van der Waals surface area contributed by atoms with Gasteiger partial charge in [-0.2, -0.15) is 0 Å². The first-order valence-electron chi connectivity index (χ1n) is 7.75. The molecular formula is C17H29NO6. The predicted molar refractivity (Wildman–Crippen MR) is 89.5 cm³/mol. The van der Waals surface area contributed by atoms with Crippen LogP contribution in [0.15, 0.2) is 12.7 Å². The minimum Gasteiger partial charge on any atom is -0.469 e. The molecule has 138 valence electrons. The van der Waals surface area contributed by atoms with Gasteiger partial charge in [-0.25, -0.2) is 14.5 Å². The second-order valence-electron chi connectivity index (χ2n) is 7.25. The van der Waals surface area contributed by atoms with Crippen LogP contribution in [0.5, 0.6) is 0 Å². The summed E-state index contributed by atoms with van der Waals surface area (Å²) in [6.45, 7) is 13.8. The summed E-state index contributed by atoms with van der Waals surface area (Å²) in [5, 5.41) is 0. The number of esters is 1. The smallest absolute Gasteiger partial charge is 0.420 e. The van der Waals surface area contributed by atoms with Crippen LogP contribution in [0.3, 0.4) is 0 Å². The highest BCUT2D eigenvalue weighted by Gasteiger charge is 2.35. The highest BCUT2D eigenvalue weighted by atomic mass is 16.6. The Labute approximate surface area is 143 Å². The molecule has 0 saturated heterocycles. The normalized spacial score (nSPS) is 12.8. The number of methoxy groups -OCH3 is 1. The molecule has 24 heavy (non-hydrogen) atoms. The molecule has 0 spiro atoms. The first-order chi connectivity index (χ1) is 10.8. The van der Waals surface area contributed by atoms with E-state index in [0.29, 0.717) is 0 Å². The van der Waals surface area contributed by atoms with Gasteiger partial charge in [-0.05, 0) is 48.0 Å². The van der Waals surface area contributed by atoms with Crippen molar-refractivity contribution in [3.63, 3.8) is 0 Å². The summed E-state index contributed by atoms with van der Waals surface area (Å²) < 4.78 is 15.1. The van der Waals surface area contributed by atoms with Crippen LogP contribution in [0.2, 0.25) is 0 Å². The van der Waals surface area contributed by atoms with Crippen LogP contribution in [0.4, 0.5) is 9.59 Å². The fraction of sp³-hybridized carbons (Fsp3) is 0.706. The molecule has 7 heteroatoms. The van der Waals surface area contributed by atoms with E-state index in [9.17, 15) is 14.4 Å². The maximum absolute atomic E-state index is 12.4. The Bertz CT molecular complexity index is 444. The summed E-state index contributed by atoms with van der Waals surface area (Å²) >= 11 is 0. The van der Waals surface area contributed by atoms with E-state index in [1.807, 2.05) is 0 Å². The second-order valence-corrected chi connectivity index (χ2v) is 7.25. The average Bonchev–Trinajstić information content (AvgIpc) is 2.38. The average molecular weight is 343 g/mol. The van der Waals surface area contributed by atoms with Crippen molar-refractivity contribution in [2.45, 2.75) is 71.6 Å². The van der Waals surface area contributed by atoms with Crippen molar-refractivity contribution in [1.82, 2.24) is 4.90 Å². The summed E-state index contributed by atoms with van der Waals surface area (Å²) in [5.41, 5.74) is -1.57. The van der Waals surface area contributed by atoms with Crippen molar-refractivity contribution >= 4 is 18.2 Å². The van der Waals surface area contributed by atoms with Crippen molar-refractivity contribution in [3.8, 4) is 0 Å².